The number of hydrogen-bond acceptors (Lipinski definition) is 3. The molecule has 0 aliphatic rings. The first kappa shape index (κ1) is 11.3. The van der Waals surface area contributed by atoms with E-state index in [-0.39, 0.29) is 0 Å². The van der Waals surface area contributed by atoms with Crippen molar-refractivity contribution in [3.05, 3.63) is 40.2 Å². The highest BCUT2D eigenvalue weighted by atomic mass is 127. The highest BCUT2D eigenvalue weighted by Crippen LogP contribution is 2.23. The first-order valence-electron chi connectivity index (χ1n) is 5.01. The number of rotatable bonds is 3. The van der Waals surface area contributed by atoms with E-state index in [4.69, 9.17) is 4.74 Å². The van der Waals surface area contributed by atoms with Crippen LogP contribution in [-0.4, -0.2) is 16.6 Å². The van der Waals surface area contributed by atoms with Crippen molar-refractivity contribution in [2.45, 2.75) is 6.92 Å². The summed E-state index contributed by atoms with van der Waals surface area (Å²) < 4.78 is 6.49. The van der Waals surface area contributed by atoms with Gasteiger partial charge in [0.05, 0.1) is 24.7 Å². The molecule has 16 heavy (non-hydrogen) atoms. The lowest BCUT2D eigenvalue weighted by atomic mass is 10.2. The molecule has 0 N–H and O–H groups in total. The highest BCUT2D eigenvalue weighted by Gasteiger charge is 2.05. The molecule has 0 bridgehead atoms. The zero-order chi connectivity index (χ0) is 11.4. The maximum absolute atomic E-state index is 5.33. The van der Waals surface area contributed by atoms with Crippen LogP contribution >= 0.6 is 22.6 Å². The molecule has 2 aromatic rings. The standard InChI is InChI=1S/C12H11IN2O/c1-2-16-12-8-14-7-11(15-12)9-5-3-4-6-10(9)13/h3-8H,2H2,1H3. The summed E-state index contributed by atoms with van der Waals surface area (Å²) >= 11 is 2.29. The van der Waals surface area contributed by atoms with Crippen LogP contribution in [0.1, 0.15) is 6.92 Å². The molecule has 2 rings (SSSR count). The third-order valence-corrected chi connectivity index (χ3v) is 3.00. The van der Waals surface area contributed by atoms with Crippen molar-refractivity contribution in [1.82, 2.24) is 9.97 Å². The van der Waals surface area contributed by atoms with E-state index < -0.39 is 0 Å². The lowest BCUT2D eigenvalue weighted by molar-refractivity contribution is 0.325. The average Bonchev–Trinajstić information content (AvgIpc) is 2.30. The molecule has 0 fully saturated rings. The minimum Gasteiger partial charge on any atom is -0.477 e. The largest absolute Gasteiger partial charge is 0.477 e. The molecule has 0 aliphatic carbocycles. The predicted molar refractivity (Wildman–Crippen MR) is 71.4 cm³/mol. The summed E-state index contributed by atoms with van der Waals surface area (Å²) in [6.45, 7) is 2.53. The lowest BCUT2D eigenvalue weighted by Crippen LogP contribution is -1.97. The number of aromatic nitrogens is 2. The molecule has 82 valence electrons. The molecule has 0 atom stereocenters. The number of ether oxygens (including phenoxy) is 1. The summed E-state index contributed by atoms with van der Waals surface area (Å²) in [7, 11) is 0. The second-order valence-electron chi connectivity index (χ2n) is 3.16. The fraction of sp³-hybridized carbons (Fsp3) is 0.167. The minimum absolute atomic E-state index is 0.569. The number of nitrogens with zero attached hydrogens (tertiary/aromatic N) is 2. The van der Waals surface area contributed by atoms with Crippen LogP contribution < -0.4 is 4.74 Å². The third-order valence-electron chi connectivity index (χ3n) is 2.05. The van der Waals surface area contributed by atoms with Crippen molar-refractivity contribution in [2.75, 3.05) is 6.61 Å². The van der Waals surface area contributed by atoms with Crippen LogP contribution in [-0.2, 0) is 0 Å². The molecule has 0 saturated carbocycles. The van der Waals surface area contributed by atoms with Crippen LogP contribution in [0.5, 0.6) is 5.88 Å². The Morgan fingerprint density at radius 2 is 2.06 bits per heavy atom. The van der Waals surface area contributed by atoms with Crippen molar-refractivity contribution < 1.29 is 4.74 Å². The van der Waals surface area contributed by atoms with Gasteiger partial charge >= 0.3 is 0 Å². The Morgan fingerprint density at radius 3 is 2.81 bits per heavy atom. The Labute approximate surface area is 108 Å². The van der Waals surface area contributed by atoms with Crippen LogP contribution in [0.4, 0.5) is 0 Å². The second kappa shape index (κ2) is 5.25. The normalized spacial score (nSPS) is 10.1. The molecule has 0 radical (unpaired) electrons. The van der Waals surface area contributed by atoms with E-state index in [1.54, 1.807) is 12.4 Å². The SMILES string of the molecule is CCOc1cncc(-c2ccccc2I)n1. The quantitative estimate of drug-likeness (QED) is 0.813. The van der Waals surface area contributed by atoms with E-state index in [1.807, 2.05) is 31.2 Å². The molecule has 1 aromatic carbocycles. The Bertz CT molecular complexity index is 488. The van der Waals surface area contributed by atoms with E-state index in [0.717, 1.165) is 14.8 Å². The van der Waals surface area contributed by atoms with E-state index in [2.05, 4.69) is 32.6 Å². The first-order valence-corrected chi connectivity index (χ1v) is 6.09. The van der Waals surface area contributed by atoms with Gasteiger partial charge in [-0.25, -0.2) is 4.98 Å². The zero-order valence-corrected chi connectivity index (χ0v) is 11.0. The fourth-order valence-corrected chi connectivity index (χ4v) is 2.03. The Balaban J connectivity index is 2.40. The number of halogens is 1. The predicted octanol–water partition coefficient (Wildman–Crippen LogP) is 3.15. The topological polar surface area (TPSA) is 35.0 Å². The van der Waals surface area contributed by atoms with Crippen molar-refractivity contribution >= 4 is 22.6 Å². The molecule has 1 heterocycles. The van der Waals surface area contributed by atoms with Gasteiger partial charge in [-0.15, -0.1) is 0 Å². The van der Waals surface area contributed by atoms with Crippen LogP contribution in [0.3, 0.4) is 0 Å². The van der Waals surface area contributed by atoms with Gasteiger partial charge in [0, 0.05) is 9.13 Å². The molecule has 1 aromatic heterocycles. The van der Waals surface area contributed by atoms with Crippen molar-refractivity contribution in [3.8, 4) is 17.1 Å². The highest BCUT2D eigenvalue weighted by molar-refractivity contribution is 14.1. The molecular formula is C12H11IN2O. The van der Waals surface area contributed by atoms with Gasteiger partial charge in [-0.3, -0.25) is 4.98 Å². The lowest BCUT2D eigenvalue weighted by Gasteiger charge is -2.05. The number of benzene rings is 1. The third kappa shape index (κ3) is 2.49. The van der Waals surface area contributed by atoms with E-state index in [0.29, 0.717) is 12.5 Å². The van der Waals surface area contributed by atoms with Gasteiger partial charge in [-0.1, -0.05) is 18.2 Å². The van der Waals surface area contributed by atoms with Crippen molar-refractivity contribution in [3.63, 3.8) is 0 Å². The smallest absolute Gasteiger partial charge is 0.232 e. The summed E-state index contributed by atoms with van der Waals surface area (Å²) in [5, 5.41) is 0. The minimum atomic E-state index is 0.569. The van der Waals surface area contributed by atoms with Crippen molar-refractivity contribution in [2.24, 2.45) is 0 Å². The zero-order valence-electron chi connectivity index (χ0n) is 8.85. The maximum Gasteiger partial charge on any atom is 0.232 e. The van der Waals surface area contributed by atoms with Gasteiger partial charge in [0.15, 0.2) is 0 Å². The molecule has 0 amide bonds. The molecule has 0 spiro atoms. The van der Waals surface area contributed by atoms with Gasteiger partial charge < -0.3 is 4.74 Å². The van der Waals surface area contributed by atoms with E-state index >= 15 is 0 Å². The summed E-state index contributed by atoms with van der Waals surface area (Å²) in [4.78, 5) is 8.53. The van der Waals surface area contributed by atoms with Gasteiger partial charge in [0.2, 0.25) is 5.88 Å². The maximum atomic E-state index is 5.33. The molecular weight excluding hydrogens is 315 g/mol. The first-order chi connectivity index (χ1) is 7.81. The van der Waals surface area contributed by atoms with Gasteiger partial charge in [-0.05, 0) is 35.6 Å². The van der Waals surface area contributed by atoms with Crippen LogP contribution in [0, 0.1) is 3.57 Å². The Kier molecular flexibility index (Phi) is 3.71. The van der Waals surface area contributed by atoms with Crippen LogP contribution in [0.15, 0.2) is 36.7 Å². The molecule has 0 unspecified atom stereocenters. The summed E-state index contributed by atoms with van der Waals surface area (Å²) in [5.41, 5.74) is 1.92. The Hall–Kier alpha value is -1.17. The molecule has 4 heteroatoms. The fourth-order valence-electron chi connectivity index (χ4n) is 1.36. The van der Waals surface area contributed by atoms with Gasteiger partial charge in [0.25, 0.3) is 0 Å². The van der Waals surface area contributed by atoms with Crippen LogP contribution in [0.2, 0.25) is 0 Å². The average molecular weight is 326 g/mol. The molecule has 0 aliphatic heterocycles. The van der Waals surface area contributed by atoms with Crippen LogP contribution in [0.25, 0.3) is 11.3 Å². The van der Waals surface area contributed by atoms with Gasteiger partial charge in [-0.2, -0.15) is 0 Å². The summed E-state index contributed by atoms with van der Waals surface area (Å²) in [6.07, 6.45) is 3.38. The number of hydrogen-bond donors (Lipinski definition) is 0. The van der Waals surface area contributed by atoms with E-state index in [1.165, 1.54) is 0 Å². The molecule has 3 nitrogen and oxygen atoms in total. The summed E-state index contributed by atoms with van der Waals surface area (Å²) in [6, 6.07) is 8.07. The van der Waals surface area contributed by atoms with Crippen molar-refractivity contribution in [1.29, 1.82) is 0 Å². The van der Waals surface area contributed by atoms with E-state index in [9.17, 15) is 0 Å². The summed E-state index contributed by atoms with van der Waals surface area (Å²) in [5.74, 6) is 0.569. The second-order valence-corrected chi connectivity index (χ2v) is 4.32. The van der Waals surface area contributed by atoms with Gasteiger partial charge in [0.1, 0.15) is 0 Å². The monoisotopic (exact) mass is 326 g/mol. The molecule has 0 saturated heterocycles. The Morgan fingerprint density at radius 1 is 1.25 bits per heavy atom.